The number of thiocarbonyl (C=S) groups is 1. The Bertz CT molecular complexity index is 393. The van der Waals surface area contributed by atoms with Gasteiger partial charge in [-0.05, 0) is 26.1 Å². The molecule has 0 radical (unpaired) electrons. The molecule has 0 aliphatic rings. The molecule has 5 nitrogen and oxygen atoms in total. The van der Waals surface area contributed by atoms with Crippen LogP contribution < -0.4 is 15.5 Å². The first kappa shape index (κ1) is 13.6. The molecule has 2 N–H and O–H groups in total. The molecular weight excluding hydrogens is 234 g/mol. The van der Waals surface area contributed by atoms with E-state index in [-0.39, 0.29) is 0 Å². The SMILES string of the molecule is CNC(=S)NCCN(C)c1nc(C)cnc1C. The maximum absolute atomic E-state index is 5.00. The van der Waals surface area contributed by atoms with E-state index in [2.05, 4.69) is 25.5 Å². The summed E-state index contributed by atoms with van der Waals surface area (Å²) < 4.78 is 0. The van der Waals surface area contributed by atoms with E-state index in [0.717, 1.165) is 30.3 Å². The van der Waals surface area contributed by atoms with Crippen molar-refractivity contribution < 1.29 is 0 Å². The Labute approximate surface area is 108 Å². The van der Waals surface area contributed by atoms with E-state index >= 15 is 0 Å². The molecule has 0 aliphatic heterocycles. The normalized spacial score (nSPS) is 9.88. The first-order chi connectivity index (χ1) is 8.04. The minimum absolute atomic E-state index is 0.658. The summed E-state index contributed by atoms with van der Waals surface area (Å²) in [6, 6.07) is 0. The van der Waals surface area contributed by atoms with Crippen LogP contribution in [-0.2, 0) is 0 Å². The van der Waals surface area contributed by atoms with Gasteiger partial charge in [0.1, 0.15) is 5.82 Å². The van der Waals surface area contributed by atoms with E-state index in [1.165, 1.54) is 0 Å². The zero-order valence-electron chi connectivity index (χ0n) is 10.7. The van der Waals surface area contributed by atoms with Gasteiger partial charge in [0.2, 0.25) is 0 Å². The molecule has 0 unspecified atom stereocenters. The van der Waals surface area contributed by atoms with Crippen LogP contribution in [-0.4, -0.2) is 42.3 Å². The van der Waals surface area contributed by atoms with E-state index < -0.39 is 0 Å². The maximum atomic E-state index is 5.00. The number of anilines is 1. The molecule has 1 aromatic heterocycles. The predicted octanol–water partition coefficient (Wildman–Crippen LogP) is 0.624. The van der Waals surface area contributed by atoms with Crippen molar-refractivity contribution in [1.29, 1.82) is 0 Å². The van der Waals surface area contributed by atoms with Crippen LogP contribution in [0.4, 0.5) is 5.82 Å². The van der Waals surface area contributed by atoms with Gasteiger partial charge in [0.25, 0.3) is 0 Å². The molecule has 1 heterocycles. The van der Waals surface area contributed by atoms with E-state index in [0.29, 0.717) is 5.11 Å². The molecule has 0 aliphatic carbocycles. The first-order valence-electron chi connectivity index (χ1n) is 5.51. The largest absolute Gasteiger partial charge is 0.366 e. The minimum atomic E-state index is 0.658. The highest BCUT2D eigenvalue weighted by atomic mass is 32.1. The van der Waals surface area contributed by atoms with Crippen LogP contribution in [0, 0.1) is 13.8 Å². The molecule has 94 valence electrons. The van der Waals surface area contributed by atoms with Crippen molar-refractivity contribution in [2.75, 3.05) is 32.1 Å². The second kappa shape index (κ2) is 6.34. The van der Waals surface area contributed by atoms with Crippen molar-refractivity contribution in [3.63, 3.8) is 0 Å². The van der Waals surface area contributed by atoms with Crippen LogP contribution in [0.15, 0.2) is 6.20 Å². The van der Waals surface area contributed by atoms with Gasteiger partial charge in [0, 0.05) is 33.4 Å². The first-order valence-corrected chi connectivity index (χ1v) is 5.92. The quantitative estimate of drug-likeness (QED) is 0.768. The molecule has 0 spiro atoms. The summed E-state index contributed by atoms with van der Waals surface area (Å²) in [6.45, 7) is 5.49. The third-order valence-corrected chi connectivity index (χ3v) is 2.72. The Balaban J connectivity index is 2.54. The van der Waals surface area contributed by atoms with Crippen molar-refractivity contribution in [1.82, 2.24) is 20.6 Å². The van der Waals surface area contributed by atoms with E-state index in [1.807, 2.05) is 20.9 Å². The molecular formula is C11H19N5S. The van der Waals surface area contributed by atoms with Gasteiger partial charge in [0.05, 0.1) is 11.4 Å². The van der Waals surface area contributed by atoms with Crippen molar-refractivity contribution in [2.45, 2.75) is 13.8 Å². The second-order valence-electron chi connectivity index (χ2n) is 3.85. The highest BCUT2D eigenvalue weighted by Gasteiger charge is 2.07. The number of hydrogen-bond donors (Lipinski definition) is 2. The summed E-state index contributed by atoms with van der Waals surface area (Å²) in [6.07, 6.45) is 1.78. The van der Waals surface area contributed by atoms with Gasteiger partial charge in [-0.3, -0.25) is 4.98 Å². The Morgan fingerprint density at radius 1 is 1.47 bits per heavy atom. The molecule has 0 atom stereocenters. The van der Waals surface area contributed by atoms with Crippen LogP contribution in [0.25, 0.3) is 0 Å². The molecule has 0 saturated carbocycles. The van der Waals surface area contributed by atoms with Gasteiger partial charge in [-0.25, -0.2) is 4.98 Å². The number of rotatable bonds is 4. The maximum Gasteiger partial charge on any atom is 0.166 e. The van der Waals surface area contributed by atoms with Gasteiger partial charge < -0.3 is 15.5 Å². The fraction of sp³-hybridized carbons (Fsp3) is 0.545. The smallest absolute Gasteiger partial charge is 0.166 e. The van der Waals surface area contributed by atoms with Crippen molar-refractivity contribution in [2.24, 2.45) is 0 Å². The van der Waals surface area contributed by atoms with Crippen LogP contribution >= 0.6 is 12.2 Å². The van der Waals surface area contributed by atoms with Crippen LogP contribution in [0.1, 0.15) is 11.4 Å². The van der Waals surface area contributed by atoms with Gasteiger partial charge in [-0.1, -0.05) is 0 Å². The Hall–Kier alpha value is -1.43. The van der Waals surface area contributed by atoms with Crippen LogP contribution in [0.3, 0.4) is 0 Å². The van der Waals surface area contributed by atoms with Gasteiger partial charge >= 0.3 is 0 Å². The lowest BCUT2D eigenvalue weighted by molar-refractivity contribution is 0.795. The molecule has 1 rings (SSSR count). The van der Waals surface area contributed by atoms with Gasteiger partial charge in [0.15, 0.2) is 5.11 Å². The fourth-order valence-electron chi connectivity index (χ4n) is 1.42. The average molecular weight is 253 g/mol. The fourth-order valence-corrected chi connectivity index (χ4v) is 1.52. The Kier molecular flexibility index (Phi) is 5.09. The molecule has 0 bridgehead atoms. The number of aryl methyl sites for hydroxylation is 2. The summed E-state index contributed by atoms with van der Waals surface area (Å²) in [7, 11) is 3.80. The highest BCUT2D eigenvalue weighted by molar-refractivity contribution is 7.80. The third kappa shape index (κ3) is 4.14. The molecule has 0 saturated heterocycles. The number of nitrogens with zero attached hydrogens (tertiary/aromatic N) is 3. The zero-order valence-corrected chi connectivity index (χ0v) is 11.6. The molecule has 1 aromatic rings. The number of aromatic nitrogens is 2. The van der Waals surface area contributed by atoms with E-state index in [1.54, 1.807) is 13.2 Å². The second-order valence-corrected chi connectivity index (χ2v) is 4.26. The van der Waals surface area contributed by atoms with E-state index in [9.17, 15) is 0 Å². The van der Waals surface area contributed by atoms with E-state index in [4.69, 9.17) is 12.2 Å². The van der Waals surface area contributed by atoms with Crippen LogP contribution in [0.2, 0.25) is 0 Å². The number of likely N-dealkylation sites (N-methyl/N-ethyl adjacent to an activating group) is 1. The number of nitrogens with one attached hydrogen (secondary N) is 2. The van der Waals surface area contributed by atoms with Crippen molar-refractivity contribution >= 4 is 23.1 Å². The van der Waals surface area contributed by atoms with Gasteiger partial charge in [-0.2, -0.15) is 0 Å². The van der Waals surface area contributed by atoms with Crippen molar-refractivity contribution in [3.05, 3.63) is 17.6 Å². The zero-order chi connectivity index (χ0) is 12.8. The Morgan fingerprint density at radius 2 is 2.18 bits per heavy atom. The summed E-state index contributed by atoms with van der Waals surface area (Å²) in [4.78, 5) is 10.8. The lowest BCUT2D eigenvalue weighted by atomic mass is 10.4. The standard InChI is InChI=1S/C11H19N5S/c1-8-7-14-9(2)10(15-8)16(4)6-5-13-11(17)12-3/h7H,5-6H2,1-4H3,(H2,12,13,17). The molecule has 6 heteroatoms. The number of hydrogen-bond acceptors (Lipinski definition) is 4. The monoisotopic (exact) mass is 253 g/mol. The molecule has 0 amide bonds. The topological polar surface area (TPSA) is 53.1 Å². The lowest BCUT2D eigenvalue weighted by Crippen LogP contribution is -2.38. The highest BCUT2D eigenvalue weighted by Crippen LogP contribution is 2.12. The summed E-state index contributed by atoms with van der Waals surface area (Å²) in [5.74, 6) is 0.919. The minimum Gasteiger partial charge on any atom is -0.366 e. The third-order valence-electron chi connectivity index (χ3n) is 2.37. The average Bonchev–Trinajstić information content (AvgIpc) is 2.31. The summed E-state index contributed by atoms with van der Waals surface area (Å²) in [5.41, 5.74) is 1.87. The van der Waals surface area contributed by atoms with Gasteiger partial charge in [-0.15, -0.1) is 0 Å². The predicted molar refractivity (Wildman–Crippen MR) is 74.4 cm³/mol. The van der Waals surface area contributed by atoms with Crippen molar-refractivity contribution in [3.8, 4) is 0 Å². The molecule has 0 fully saturated rings. The molecule has 0 aromatic carbocycles. The summed E-state index contributed by atoms with van der Waals surface area (Å²) >= 11 is 5.00. The Morgan fingerprint density at radius 3 is 2.82 bits per heavy atom. The van der Waals surface area contributed by atoms with Crippen LogP contribution in [0.5, 0.6) is 0 Å². The molecule has 17 heavy (non-hydrogen) atoms. The summed E-state index contributed by atoms with van der Waals surface area (Å²) in [5, 5.41) is 6.63. The lowest BCUT2D eigenvalue weighted by Gasteiger charge is -2.20.